The molecule has 1 aliphatic rings. The largest absolute Gasteiger partial charge is 0.481 e. The van der Waals surface area contributed by atoms with E-state index in [1.54, 1.807) is 0 Å². The highest BCUT2D eigenvalue weighted by molar-refractivity contribution is 7.81. The van der Waals surface area contributed by atoms with Gasteiger partial charge in [-0.25, -0.2) is 0 Å². The van der Waals surface area contributed by atoms with Gasteiger partial charge in [-0.3, -0.25) is 14.4 Å². The summed E-state index contributed by atoms with van der Waals surface area (Å²) in [5, 5.41) is 15.8. The summed E-state index contributed by atoms with van der Waals surface area (Å²) in [6, 6.07) is 0. The predicted molar refractivity (Wildman–Crippen MR) is 79.2 cm³/mol. The van der Waals surface area contributed by atoms with E-state index >= 15 is 0 Å². The van der Waals surface area contributed by atoms with Gasteiger partial charge >= 0.3 is 11.9 Å². The minimum absolute atomic E-state index is 0.0306. The molecule has 0 aromatic rings. The molecule has 0 aliphatic heterocycles. The molecule has 0 amide bonds. The maximum absolute atomic E-state index is 11.4. The molecule has 1 unspecified atom stereocenters. The van der Waals surface area contributed by atoms with Crippen LogP contribution in [0.15, 0.2) is 0 Å². The summed E-state index contributed by atoms with van der Waals surface area (Å²) < 4.78 is 0. The van der Waals surface area contributed by atoms with Gasteiger partial charge in [-0.1, -0.05) is 32.1 Å². The second-order valence-corrected chi connectivity index (χ2v) is 5.55. The summed E-state index contributed by atoms with van der Waals surface area (Å²) in [4.78, 5) is 30.6. The van der Waals surface area contributed by atoms with Gasteiger partial charge in [0.2, 0.25) is 0 Å². The number of hydrogen-bond acceptors (Lipinski definition) is 4. The SMILES string of the molecule is O=C(O)CCC(=O)O.O=C1CCCCCCCCC1S. The van der Waals surface area contributed by atoms with Gasteiger partial charge in [0, 0.05) is 6.42 Å². The quantitative estimate of drug-likeness (QED) is 0.697. The second-order valence-electron chi connectivity index (χ2n) is 4.93. The fourth-order valence-corrected chi connectivity index (χ4v) is 2.20. The number of carboxylic acids is 2. The molecule has 1 atom stereocenters. The van der Waals surface area contributed by atoms with Crippen LogP contribution >= 0.6 is 12.6 Å². The molecule has 20 heavy (non-hydrogen) atoms. The highest BCUT2D eigenvalue weighted by atomic mass is 32.1. The van der Waals surface area contributed by atoms with Crippen molar-refractivity contribution in [3.63, 3.8) is 0 Å². The first-order chi connectivity index (χ1) is 9.43. The van der Waals surface area contributed by atoms with Crippen molar-refractivity contribution >= 4 is 30.4 Å². The van der Waals surface area contributed by atoms with E-state index in [0.717, 1.165) is 19.3 Å². The first-order valence-corrected chi connectivity index (χ1v) is 7.59. The van der Waals surface area contributed by atoms with Gasteiger partial charge in [-0.05, 0) is 12.8 Å². The Hall–Kier alpha value is -1.04. The van der Waals surface area contributed by atoms with Gasteiger partial charge in [0.15, 0.2) is 0 Å². The topological polar surface area (TPSA) is 91.7 Å². The lowest BCUT2D eigenvalue weighted by Gasteiger charge is -2.11. The zero-order valence-corrected chi connectivity index (χ0v) is 12.6. The van der Waals surface area contributed by atoms with E-state index in [0.29, 0.717) is 5.78 Å². The third-order valence-electron chi connectivity index (χ3n) is 3.08. The Morgan fingerprint density at radius 2 is 1.40 bits per heavy atom. The van der Waals surface area contributed by atoms with Crippen LogP contribution in [0.1, 0.15) is 64.2 Å². The van der Waals surface area contributed by atoms with Gasteiger partial charge in [-0.2, -0.15) is 12.6 Å². The average molecular weight is 304 g/mol. The third-order valence-corrected chi connectivity index (χ3v) is 3.62. The van der Waals surface area contributed by atoms with Crippen LogP contribution < -0.4 is 0 Å². The molecule has 0 aromatic carbocycles. The molecular weight excluding hydrogens is 280 g/mol. The maximum Gasteiger partial charge on any atom is 0.303 e. The van der Waals surface area contributed by atoms with E-state index in [1.807, 2.05) is 0 Å². The number of hydrogen-bond donors (Lipinski definition) is 3. The van der Waals surface area contributed by atoms with Crippen LogP contribution in [0.2, 0.25) is 0 Å². The Morgan fingerprint density at radius 3 is 1.90 bits per heavy atom. The number of carboxylic acid groups (broad SMARTS) is 2. The molecule has 1 rings (SSSR count). The molecule has 0 radical (unpaired) electrons. The fraction of sp³-hybridized carbons (Fsp3) is 0.786. The van der Waals surface area contributed by atoms with Crippen molar-refractivity contribution in [1.82, 2.24) is 0 Å². The van der Waals surface area contributed by atoms with E-state index in [2.05, 4.69) is 12.6 Å². The van der Waals surface area contributed by atoms with Crippen LogP contribution in [-0.2, 0) is 14.4 Å². The van der Waals surface area contributed by atoms with E-state index in [9.17, 15) is 14.4 Å². The van der Waals surface area contributed by atoms with Gasteiger partial charge in [0.1, 0.15) is 5.78 Å². The summed E-state index contributed by atoms with van der Waals surface area (Å²) in [5.41, 5.74) is 0. The van der Waals surface area contributed by atoms with Crippen molar-refractivity contribution < 1.29 is 24.6 Å². The zero-order valence-electron chi connectivity index (χ0n) is 11.7. The fourth-order valence-electron chi connectivity index (χ4n) is 1.89. The second kappa shape index (κ2) is 11.8. The van der Waals surface area contributed by atoms with Crippen molar-refractivity contribution in [3.05, 3.63) is 0 Å². The minimum atomic E-state index is -1.08. The van der Waals surface area contributed by atoms with Crippen LogP contribution in [-0.4, -0.2) is 33.2 Å². The van der Waals surface area contributed by atoms with Crippen molar-refractivity contribution in [3.8, 4) is 0 Å². The number of ketones is 1. The van der Waals surface area contributed by atoms with Crippen molar-refractivity contribution in [2.75, 3.05) is 0 Å². The van der Waals surface area contributed by atoms with E-state index in [-0.39, 0.29) is 18.1 Å². The number of Topliss-reactive ketones (excluding diaryl/α,β-unsaturated/α-hetero) is 1. The molecule has 0 heterocycles. The van der Waals surface area contributed by atoms with E-state index in [4.69, 9.17) is 10.2 Å². The summed E-state index contributed by atoms with van der Waals surface area (Å²) in [7, 11) is 0. The summed E-state index contributed by atoms with van der Waals surface area (Å²) in [6.07, 6.45) is 8.58. The summed E-state index contributed by atoms with van der Waals surface area (Å²) in [5.74, 6) is -1.79. The molecule has 116 valence electrons. The van der Waals surface area contributed by atoms with E-state index in [1.165, 1.54) is 32.1 Å². The standard InChI is InChI=1S/C10H18OS.C4H6O4/c11-9-7-5-3-1-2-4-6-8-10(9)12;5-3(6)1-2-4(7)8/h10,12H,1-8H2;1-2H2,(H,5,6)(H,7,8). The van der Waals surface area contributed by atoms with E-state index < -0.39 is 11.9 Å². The van der Waals surface area contributed by atoms with Crippen LogP contribution in [0.4, 0.5) is 0 Å². The number of thiol groups is 1. The first kappa shape index (κ1) is 19.0. The Labute approximate surface area is 125 Å². The minimum Gasteiger partial charge on any atom is -0.481 e. The lowest BCUT2D eigenvalue weighted by Crippen LogP contribution is -2.14. The van der Waals surface area contributed by atoms with Gasteiger partial charge in [0.05, 0.1) is 18.1 Å². The molecule has 6 heteroatoms. The molecule has 0 aromatic heterocycles. The Balaban J connectivity index is 0.000000396. The number of carbonyl (C=O) groups is 3. The molecule has 0 bridgehead atoms. The van der Waals surface area contributed by atoms with Crippen LogP contribution in [0, 0.1) is 0 Å². The summed E-state index contributed by atoms with van der Waals surface area (Å²) in [6.45, 7) is 0. The zero-order chi connectivity index (χ0) is 15.4. The molecule has 1 saturated carbocycles. The lowest BCUT2D eigenvalue weighted by molar-refractivity contribution is -0.143. The maximum atomic E-state index is 11.4. The summed E-state index contributed by atoms with van der Waals surface area (Å²) >= 11 is 4.31. The highest BCUT2D eigenvalue weighted by Crippen LogP contribution is 2.17. The molecule has 5 nitrogen and oxygen atoms in total. The Morgan fingerprint density at radius 1 is 0.950 bits per heavy atom. The third kappa shape index (κ3) is 12.0. The molecule has 2 N–H and O–H groups in total. The lowest BCUT2D eigenvalue weighted by atomic mass is 10.00. The van der Waals surface area contributed by atoms with Crippen LogP contribution in [0.25, 0.3) is 0 Å². The van der Waals surface area contributed by atoms with Crippen LogP contribution in [0.3, 0.4) is 0 Å². The smallest absolute Gasteiger partial charge is 0.303 e. The highest BCUT2D eigenvalue weighted by Gasteiger charge is 2.13. The monoisotopic (exact) mass is 304 g/mol. The van der Waals surface area contributed by atoms with Crippen LogP contribution in [0.5, 0.6) is 0 Å². The van der Waals surface area contributed by atoms with Crippen molar-refractivity contribution in [2.45, 2.75) is 69.5 Å². The van der Waals surface area contributed by atoms with Gasteiger partial charge < -0.3 is 10.2 Å². The molecule has 0 saturated heterocycles. The van der Waals surface area contributed by atoms with Gasteiger partial charge in [0.25, 0.3) is 0 Å². The van der Waals surface area contributed by atoms with Crippen molar-refractivity contribution in [1.29, 1.82) is 0 Å². The van der Waals surface area contributed by atoms with Crippen molar-refractivity contribution in [2.24, 2.45) is 0 Å². The predicted octanol–water partition coefficient (Wildman–Crippen LogP) is 2.92. The first-order valence-electron chi connectivity index (χ1n) is 7.08. The Kier molecular flexibility index (Phi) is 11.1. The molecule has 1 fully saturated rings. The molecular formula is C14H24O5S. The average Bonchev–Trinajstić information content (AvgIpc) is 2.39. The normalized spacial score (nSPS) is 20.4. The number of aliphatic carboxylic acids is 2. The number of rotatable bonds is 3. The van der Waals surface area contributed by atoms with Gasteiger partial charge in [-0.15, -0.1) is 0 Å². The number of carbonyl (C=O) groups excluding carboxylic acids is 1. The Bertz CT molecular complexity index is 303. The molecule has 0 spiro atoms. The molecule has 1 aliphatic carbocycles.